The lowest BCUT2D eigenvalue weighted by Gasteiger charge is -2.33. The van der Waals surface area contributed by atoms with Crippen LogP contribution in [-0.4, -0.2) is 58.6 Å². The summed E-state index contributed by atoms with van der Waals surface area (Å²) >= 11 is 0. The normalized spacial score (nSPS) is 14.8. The molecule has 1 amide bonds. The van der Waals surface area contributed by atoms with Crippen molar-refractivity contribution in [1.29, 1.82) is 0 Å². The number of imidazole rings is 1. The molecule has 0 radical (unpaired) electrons. The second-order valence-corrected chi connectivity index (χ2v) is 11.5. The molecule has 10 nitrogen and oxygen atoms in total. The Bertz CT molecular complexity index is 1780. The quantitative estimate of drug-likeness (QED) is 0.323. The highest BCUT2D eigenvalue weighted by Gasteiger charge is 2.30. The zero-order valence-electron chi connectivity index (χ0n) is 23.5. The van der Waals surface area contributed by atoms with E-state index in [4.69, 9.17) is 4.74 Å². The number of aromatic nitrogens is 6. The van der Waals surface area contributed by atoms with Crippen LogP contribution in [0.1, 0.15) is 39.7 Å². The van der Waals surface area contributed by atoms with Crippen LogP contribution in [-0.2, 0) is 18.8 Å². The molecule has 0 unspecified atom stereocenters. The van der Waals surface area contributed by atoms with E-state index in [0.717, 1.165) is 44.3 Å². The number of likely N-dealkylation sites (tertiary alicyclic amines) is 1. The van der Waals surface area contributed by atoms with Crippen LogP contribution in [0, 0.1) is 0 Å². The molecule has 0 N–H and O–H groups in total. The number of hydrogen-bond donors (Lipinski definition) is 0. The lowest BCUT2D eigenvalue weighted by atomic mass is 10.0. The first-order valence-corrected chi connectivity index (χ1v) is 13.5. The smallest absolute Gasteiger partial charge is 0.410 e. The predicted octanol–water partition coefficient (Wildman–Crippen LogP) is 4.92. The predicted molar refractivity (Wildman–Crippen MR) is 154 cm³/mol. The second kappa shape index (κ2) is 9.62. The lowest BCUT2D eigenvalue weighted by molar-refractivity contribution is 0.0188. The average Bonchev–Trinajstić information content (AvgIpc) is 3.48. The van der Waals surface area contributed by atoms with Gasteiger partial charge in [0.2, 0.25) is 0 Å². The van der Waals surface area contributed by atoms with Crippen LogP contribution in [0.4, 0.5) is 4.79 Å². The third kappa shape index (κ3) is 4.63. The molecule has 1 saturated heterocycles. The van der Waals surface area contributed by atoms with E-state index in [1.807, 2.05) is 63.0 Å². The van der Waals surface area contributed by atoms with Gasteiger partial charge in [0, 0.05) is 62.1 Å². The Hall–Kier alpha value is -4.47. The molecule has 40 heavy (non-hydrogen) atoms. The van der Waals surface area contributed by atoms with Crippen molar-refractivity contribution < 1.29 is 9.53 Å². The third-order valence-electron chi connectivity index (χ3n) is 7.49. The van der Waals surface area contributed by atoms with E-state index < -0.39 is 5.60 Å². The molecule has 6 rings (SSSR count). The fourth-order valence-electron chi connectivity index (χ4n) is 5.47. The van der Waals surface area contributed by atoms with Crippen LogP contribution in [0.3, 0.4) is 0 Å². The summed E-state index contributed by atoms with van der Waals surface area (Å²) in [6, 6.07) is 10.1. The molecule has 1 fully saturated rings. The maximum Gasteiger partial charge on any atom is 0.410 e. The maximum absolute atomic E-state index is 13.5. The highest BCUT2D eigenvalue weighted by Crippen LogP contribution is 2.32. The number of carbonyl (C=O) groups is 1. The monoisotopic (exact) mass is 539 g/mol. The molecule has 10 heteroatoms. The largest absolute Gasteiger partial charge is 0.444 e. The number of piperidine rings is 1. The van der Waals surface area contributed by atoms with Crippen LogP contribution in [0.5, 0.6) is 0 Å². The minimum atomic E-state index is -0.543. The Morgan fingerprint density at radius 2 is 1.70 bits per heavy atom. The second-order valence-electron chi connectivity index (χ2n) is 11.5. The zero-order valence-corrected chi connectivity index (χ0v) is 23.5. The standard InChI is InChI=1S/C30H33N7O3/c1-30(2,3)40-29(39)36-12-10-22(11-13-36)37-27-23-14-19(6-9-25(23)32-17-26(27)35(5)28(37)38)20-7-8-24(31-15-20)21-16-33-34(4)18-21/h6-9,14-18,22H,10-13H2,1-5H3. The zero-order chi connectivity index (χ0) is 28.2. The van der Waals surface area contributed by atoms with Gasteiger partial charge in [0.15, 0.2) is 0 Å². The number of ether oxygens (including phenoxy) is 1. The van der Waals surface area contributed by atoms with E-state index in [0.29, 0.717) is 25.9 Å². The molecule has 0 saturated carbocycles. The van der Waals surface area contributed by atoms with Crippen LogP contribution < -0.4 is 5.69 Å². The van der Waals surface area contributed by atoms with Crippen molar-refractivity contribution in [2.45, 2.75) is 45.3 Å². The summed E-state index contributed by atoms with van der Waals surface area (Å²) in [6.07, 6.45) is 8.40. The molecule has 5 heterocycles. The Balaban J connectivity index is 1.36. The van der Waals surface area contributed by atoms with Gasteiger partial charge in [-0.3, -0.25) is 23.8 Å². The first-order valence-electron chi connectivity index (χ1n) is 13.5. The summed E-state index contributed by atoms with van der Waals surface area (Å²) in [6.45, 7) is 6.67. The summed E-state index contributed by atoms with van der Waals surface area (Å²) in [4.78, 5) is 37.2. The van der Waals surface area contributed by atoms with Crippen LogP contribution in [0.25, 0.3) is 44.3 Å². The third-order valence-corrected chi connectivity index (χ3v) is 7.49. The Kier molecular flexibility index (Phi) is 6.20. The molecule has 0 bridgehead atoms. The molecule has 0 atom stereocenters. The molecular weight excluding hydrogens is 506 g/mol. The number of amides is 1. The van der Waals surface area contributed by atoms with Gasteiger partial charge in [0.05, 0.1) is 34.6 Å². The van der Waals surface area contributed by atoms with Crippen molar-refractivity contribution in [3.8, 4) is 22.4 Å². The summed E-state index contributed by atoms with van der Waals surface area (Å²) in [5.74, 6) is 0. The van der Waals surface area contributed by atoms with Crippen molar-refractivity contribution >= 4 is 28.0 Å². The molecule has 5 aromatic rings. The molecule has 0 aliphatic carbocycles. The first-order chi connectivity index (χ1) is 19.1. The summed E-state index contributed by atoms with van der Waals surface area (Å²) in [5.41, 5.74) is 5.65. The minimum Gasteiger partial charge on any atom is -0.444 e. The van der Waals surface area contributed by atoms with E-state index in [2.05, 4.69) is 27.2 Å². The van der Waals surface area contributed by atoms with Crippen molar-refractivity contribution in [3.05, 3.63) is 65.6 Å². The molecule has 0 spiro atoms. The van der Waals surface area contributed by atoms with Gasteiger partial charge in [0.1, 0.15) is 5.60 Å². The van der Waals surface area contributed by atoms with E-state index in [1.165, 1.54) is 0 Å². The number of hydrogen-bond acceptors (Lipinski definition) is 6. The summed E-state index contributed by atoms with van der Waals surface area (Å²) in [5, 5.41) is 5.15. The van der Waals surface area contributed by atoms with Crippen molar-refractivity contribution in [3.63, 3.8) is 0 Å². The molecular formula is C30H33N7O3. The minimum absolute atomic E-state index is 0.0374. The number of rotatable bonds is 3. The van der Waals surface area contributed by atoms with E-state index in [9.17, 15) is 9.59 Å². The van der Waals surface area contributed by atoms with Crippen molar-refractivity contribution in [2.75, 3.05) is 13.1 Å². The number of carbonyl (C=O) groups excluding carboxylic acids is 1. The number of fused-ring (bicyclic) bond motifs is 3. The van der Waals surface area contributed by atoms with Gasteiger partial charge in [-0.15, -0.1) is 0 Å². The lowest BCUT2D eigenvalue weighted by Crippen LogP contribution is -2.43. The Morgan fingerprint density at radius 1 is 0.950 bits per heavy atom. The maximum atomic E-state index is 13.5. The van der Waals surface area contributed by atoms with Gasteiger partial charge in [0.25, 0.3) is 0 Å². The average molecular weight is 540 g/mol. The molecule has 4 aromatic heterocycles. The SMILES string of the molecule is Cn1cc(-c2ccc(-c3ccc4ncc5c(c4c3)n(C3CCN(C(=O)OC(C)(C)C)CC3)c(=O)n5C)cn2)cn1. The van der Waals surface area contributed by atoms with Crippen LogP contribution >= 0.6 is 0 Å². The van der Waals surface area contributed by atoms with Gasteiger partial charge < -0.3 is 9.64 Å². The van der Waals surface area contributed by atoms with Gasteiger partial charge in [-0.2, -0.15) is 5.10 Å². The molecule has 1 aliphatic rings. The van der Waals surface area contributed by atoms with Gasteiger partial charge in [-0.05, 0) is 57.4 Å². The van der Waals surface area contributed by atoms with Crippen molar-refractivity contribution in [1.82, 2.24) is 33.8 Å². The van der Waals surface area contributed by atoms with Gasteiger partial charge in [-0.25, -0.2) is 9.59 Å². The molecule has 1 aliphatic heterocycles. The fraction of sp³-hybridized carbons (Fsp3) is 0.367. The van der Waals surface area contributed by atoms with E-state index in [-0.39, 0.29) is 17.8 Å². The number of nitrogens with zero attached hydrogens (tertiary/aromatic N) is 7. The number of pyridine rings is 2. The highest BCUT2D eigenvalue weighted by atomic mass is 16.6. The molecule has 206 valence electrons. The van der Waals surface area contributed by atoms with E-state index in [1.54, 1.807) is 33.6 Å². The van der Waals surface area contributed by atoms with E-state index >= 15 is 0 Å². The van der Waals surface area contributed by atoms with Gasteiger partial charge in [-0.1, -0.05) is 12.1 Å². The van der Waals surface area contributed by atoms with Gasteiger partial charge >= 0.3 is 11.8 Å². The number of benzene rings is 1. The van der Waals surface area contributed by atoms with Crippen LogP contribution in [0.2, 0.25) is 0 Å². The number of aryl methyl sites for hydroxylation is 2. The molecule has 1 aromatic carbocycles. The summed E-state index contributed by atoms with van der Waals surface area (Å²) in [7, 11) is 3.67. The Labute approximate surface area is 231 Å². The first kappa shape index (κ1) is 25.8. The topological polar surface area (TPSA) is 100 Å². The summed E-state index contributed by atoms with van der Waals surface area (Å²) < 4.78 is 10.9. The van der Waals surface area contributed by atoms with Crippen molar-refractivity contribution in [2.24, 2.45) is 14.1 Å². The Morgan fingerprint density at radius 3 is 2.35 bits per heavy atom. The van der Waals surface area contributed by atoms with Crippen LogP contribution in [0.15, 0.2) is 59.9 Å². The fourth-order valence-corrected chi connectivity index (χ4v) is 5.47. The highest BCUT2D eigenvalue weighted by molar-refractivity contribution is 6.04.